The van der Waals surface area contributed by atoms with E-state index in [0.717, 1.165) is 37.7 Å². The molecule has 0 bridgehead atoms. The van der Waals surface area contributed by atoms with Gasteiger partial charge < -0.3 is 10.1 Å². The fourth-order valence-electron chi connectivity index (χ4n) is 2.18. The van der Waals surface area contributed by atoms with Crippen LogP contribution in [0.1, 0.15) is 12.5 Å². The monoisotopic (exact) mass is 308 g/mol. The molecule has 1 fully saturated rings. The fraction of sp³-hybridized carbons (Fsp3) is 0.562. The van der Waals surface area contributed by atoms with Crippen LogP contribution in [0.5, 0.6) is 0 Å². The van der Waals surface area contributed by atoms with Crippen LogP contribution in [0.4, 0.5) is 0 Å². The van der Waals surface area contributed by atoms with Crippen molar-refractivity contribution in [1.82, 2.24) is 10.2 Å². The molecule has 21 heavy (non-hydrogen) atoms. The van der Waals surface area contributed by atoms with E-state index < -0.39 is 0 Å². The van der Waals surface area contributed by atoms with Crippen molar-refractivity contribution in [1.29, 1.82) is 0 Å². The van der Waals surface area contributed by atoms with Crippen molar-refractivity contribution in [2.45, 2.75) is 24.0 Å². The van der Waals surface area contributed by atoms with Crippen LogP contribution in [-0.2, 0) is 9.53 Å². The normalized spacial score (nSPS) is 17.4. The third-order valence-corrected chi connectivity index (χ3v) is 4.65. The smallest absolute Gasteiger partial charge is 0.233 e. The largest absolute Gasteiger partial charge is 0.379 e. The molecule has 1 aromatic carbocycles. The third-order valence-electron chi connectivity index (χ3n) is 3.53. The van der Waals surface area contributed by atoms with Gasteiger partial charge >= 0.3 is 0 Å². The number of ether oxygens (including phenoxy) is 1. The maximum Gasteiger partial charge on any atom is 0.233 e. The second kappa shape index (κ2) is 8.41. The lowest BCUT2D eigenvalue weighted by atomic mass is 10.2. The Bertz CT molecular complexity index is 444. The second-order valence-electron chi connectivity index (χ2n) is 5.32. The molecule has 1 unspecified atom stereocenters. The van der Waals surface area contributed by atoms with Gasteiger partial charge in [-0.25, -0.2) is 0 Å². The zero-order valence-corrected chi connectivity index (χ0v) is 13.6. The van der Waals surface area contributed by atoms with Crippen LogP contribution in [-0.4, -0.2) is 55.4 Å². The van der Waals surface area contributed by atoms with Crippen molar-refractivity contribution in [3.05, 3.63) is 29.8 Å². The van der Waals surface area contributed by atoms with Gasteiger partial charge in [-0.2, -0.15) is 0 Å². The Labute approximate surface area is 131 Å². The highest BCUT2D eigenvalue weighted by molar-refractivity contribution is 8.00. The number of thioether (sulfide) groups is 1. The van der Waals surface area contributed by atoms with Crippen LogP contribution < -0.4 is 5.32 Å². The Kier molecular flexibility index (Phi) is 6.54. The lowest BCUT2D eigenvalue weighted by Gasteiger charge is -2.26. The Balaban J connectivity index is 1.68. The molecule has 1 N–H and O–H groups in total. The average molecular weight is 308 g/mol. The van der Waals surface area contributed by atoms with E-state index in [9.17, 15) is 4.79 Å². The minimum Gasteiger partial charge on any atom is -0.379 e. The molecule has 116 valence electrons. The maximum absolute atomic E-state index is 12.1. The van der Waals surface area contributed by atoms with Gasteiger partial charge in [0.2, 0.25) is 5.91 Å². The van der Waals surface area contributed by atoms with Crippen LogP contribution in [0, 0.1) is 6.92 Å². The van der Waals surface area contributed by atoms with E-state index in [-0.39, 0.29) is 11.2 Å². The van der Waals surface area contributed by atoms with Gasteiger partial charge in [-0.3, -0.25) is 9.69 Å². The van der Waals surface area contributed by atoms with E-state index >= 15 is 0 Å². The summed E-state index contributed by atoms with van der Waals surface area (Å²) >= 11 is 1.60. The highest BCUT2D eigenvalue weighted by atomic mass is 32.2. The molecule has 0 saturated carbocycles. The molecule has 1 aromatic rings. The Hall–Kier alpha value is -1.04. The molecular formula is C16H24N2O2S. The predicted octanol–water partition coefficient (Wildman–Crippen LogP) is 1.92. The minimum atomic E-state index is -0.0719. The van der Waals surface area contributed by atoms with E-state index in [1.54, 1.807) is 11.8 Å². The number of carbonyl (C=O) groups excluding carboxylic acids is 1. The van der Waals surface area contributed by atoms with Crippen LogP contribution in [0.3, 0.4) is 0 Å². The molecule has 0 aromatic heterocycles. The topological polar surface area (TPSA) is 41.6 Å². The van der Waals surface area contributed by atoms with Crippen LogP contribution in [0.15, 0.2) is 29.2 Å². The molecule has 1 aliphatic heterocycles. The maximum atomic E-state index is 12.1. The molecule has 0 radical (unpaired) electrons. The number of carbonyl (C=O) groups is 1. The van der Waals surface area contributed by atoms with Gasteiger partial charge in [-0.05, 0) is 26.0 Å². The van der Waals surface area contributed by atoms with Gasteiger partial charge in [0, 0.05) is 31.1 Å². The average Bonchev–Trinajstić information content (AvgIpc) is 2.50. The van der Waals surface area contributed by atoms with Crippen molar-refractivity contribution in [2.24, 2.45) is 0 Å². The van der Waals surface area contributed by atoms with Crippen molar-refractivity contribution >= 4 is 17.7 Å². The second-order valence-corrected chi connectivity index (χ2v) is 6.73. The Morgan fingerprint density at radius 1 is 1.33 bits per heavy atom. The van der Waals surface area contributed by atoms with Gasteiger partial charge in [-0.15, -0.1) is 11.8 Å². The third kappa shape index (κ3) is 5.69. The van der Waals surface area contributed by atoms with Crippen molar-refractivity contribution in [3.63, 3.8) is 0 Å². The standard InChI is InChI=1S/C16H24N2O2S/c1-13-3-5-15(6-4-13)21-14(2)16(19)17-7-8-18-9-11-20-12-10-18/h3-6,14H,7-12H2,1-2H3,(H,17,19). The van der Waals surface area contributed by atoms with Gasteiger partial charge in [0.05, 0.1) is 18.5 Å². The molecular weight excluding hydrogens is 284 g/mol. The summed E-state index contributed by atoms with van der Waals surface area (Å²) < 4.78 is 5.31. The summed E-state index contributed by atoms with van der Waals surface area (Å²) in [5, 5.41) is 2.95. The number of nitrogens with one attached hydrogen (secondary N) is 1. The highest BCUT2D eigenvalue weighted by Gasteiger charge is 2.15. The number of aryl methyl sites for hydroxylation is 1. The van der Waals surface area contributed by atoms with Crippen LogP contribution in [0.2, 0.25) is 0 Å². The first-order valence-electron chi connectivity index (χ1n) is 7.46. The van der Waals surface area contributed by atoms with Crippen LogP contribution >= 0.6 is 11.8 Å². The zero-order chi connectivity index (χ0) is 15.1. The quantitative estimate of drug-likeness (QED) is 0.815. The number of benzene rings is 1. The molecule has 1 saturated heterocycles. The summed E-state index contributed by atoms with van der Waals surface area (Å²) in [6.45, 7) is 9.15. The van der Waals surface area contributed by atoms with Crippen molar-refractivity contribution in [2.75, 3.05) is 39.4 Å². The van der Waals surface area contributed by atoms with E-state index in [4.69, 9.17) is 4.74 Å². The molecule has 1 aliphatic rings. The molecule has 2 rings (SSSR count). The fourth-order valence-corrected chi connectivity index (χ4v) is 3.07. The molecule has 1 heterocycles. The summed E-state index contributed by atoms with van der Waals surface area (Å²) in [6, 6.07) is 8.28. The lowest BCUT2D eigenvalue weighted by Crippen LogP contribution is -2.42. The van der Waals surface area contributed by atoms with Gasteiger partial charge in [-0.1, -0.05) is 17.7 Å². The highest BCUT2D eigenvalue weighted by Crippen LogP contribution is 2.23. The van der Waals surface area contributed by atoms with Gasteiger partial charge in [0.15, 0.2) is 0 Å². The summed E-state index contributed by atoms with van der Waals surface area (Å²) in [6.07, 6.45) is 0. The van der Waals surface area contributed by atoms with E-state index in [0.29, 0.717) is 6.54 Å². The van der Waals surface area contributed by atoms with E-state index in [1.807, 2.05) is 6.92 Å². The van der Waals surface area contributed by atoms with E-state index in [1.165, 1.54) is 5.56 Å². The Morgan fingerprint density at radius 2 is 2.00 bits per heavy atom. The summed E-state index contributed by atoms with van der Waals surface area (Å²) in [5.74, 6) is 0.105. The van der Waals surface area contributed by atoms with Gasteiger partial charge in [0.25, 0.3) is 0 Å². The van der Waals surface area contributed by atoms with E-state index in [2.05, 4.69) is 41.4 Å². The number of morpholine rings is 1. The van der Waals surface area contributed by atoms with Crippen molar-refractivity contribution < 1.29 is 9.53 Å². The molecule has 5 heteroatoms. The first-order chi connectivity index (χ1) is 10.1. The first-order valence-corrected chi connectivity index (χ1v) is 8.34. The Morgan fingerprint density at radius 3 is 2.67 bits per heavy atom. The zero-order valence-electron chi connectivity index (χ0n) is 12.8. The van der Waals surface area contributed by atoms with Crippen molar-refractivity contribution in [3.8, 4) is 0 Å². The van der Waals surface area contributed by atoms with Gasteiger partial charge in [0.1, 0.15) is 0 Å². The molecule has 1 amide bonds. The minimum absolute atomic E-state index is 0.0719. The first kappa shape index (κ1) is 16.3. The number of rotatable bonds is 6. The number of hydrogen-bond acceptors (Lipinski definition) is 4. The number of nitrogens with zero attached hydrogens (tertiary/aromatic N) is 1. The predicted molar refractivity (Wildman–Crippen MR) is 86.8 cm³/mol. The number of amides is 1. The summed E-state index contributed by atoms with van der Waals surface area (Å²) in [7, 11) is 0. The SMILES string of the molecule is Cc1ccc(SC(C)C(=O)NCCN2CCOCC2)cc1. The molecule has 0 aliphatic carbocycles. The molecule has 4 nitrogen and oxygen atoms in total. The van der Waals surface area contributed by atoms with Crippen LogP contribution in [0.25, 0.3) is 0 Å². The lowest BCUT2D eigenvalue weighted by molar-refractivity contribution is -0.120. The number of hydrogen-bond donors (Lipinski definition) is 1. The summed E-state index contributed by atoms with van der Waals surface area (Å²) in [5.41, 5.74) is 1.24. The molecule has 1 atom stereocenters. The molecule has 0 spiro atoms. The summed E-state index contributed by atoms with van der Waals surface area (Å²) in [4.78, 5) is 15.5.